The largest absolute Gasteiger partial charge is 0.495 e. The Labute approximate surface area is 167 Å². The quantitative estimate of drug-likeness (QED) is 0.466. The number of aliphatic hydroxyl groups is 1. The van der Waals surface area contributed by atoms with E-state index in [9.17, 15) is 9.90 Å². The molecule has 1 amide bonds. The maximum Gasteiger partial charge on any atom is 0.255 e. The van der Waals surface area contributed by atoms with Crippen molar-refractivity contribution in [3.8, 4) is 5.75 Å². The predicted octanol–water partition coefficient (Wildman–Crippen LogP) is 3.60. The molecule has 2 aromatic carbocycles. The summed E-state index contributed by atoms with van der Waals surface area (Å²) in [6.45, 7) is 1.77. The first-order valence-corrected chi connectivity index (χ1v) is 9.23. The number of nitrogens with zero attached hydrogens (tertiary/aromatic N) is 1. The van der Waals surface area contributed by atoms with E-state index in [2.05, 4.69) is 15.5 Å². The monoisotopic (exact) mass is 391 g/mol. The Morgan fingerprint density at radius 2 is 2.17 bits per heavy atom. The molecule has 0 saturated carbocycles. The van der Waals surface area contributed by atoms with Crippen LogP contribution in [-0.2, 0) is 0 Å². The van der Waals surface area contributed by atoms with Crippen LogP contribution >= 0.6 is 0 Å². The van der Waals surface area contributed by atoms with Crippen LogP contribution in [0.2, 0.25) is 0 Å². The van der Waals surface area contributed by atoms with Crippen molar-refractivity contribution >= 4 is 39.9 Å². The van der Waals surface area contributed by atoms with Crippen LogP contribution in [0, 0.1) is 0 Å². The summed E-state index contributed by atoms with van der Waals surface area (Å²) in [6.07, 6.45) is 4.85. The summed E-state index contributed by atoms with van der Waals surface area (Å²) in [7, 11) is 1.52. The molecule has 3 N–H and O–H groups in total. The molecule has 0 radical (unpaired) electrons. The van der Waals surface area contributed by atoms with Gasteiger partial charge in [0.1, 0.15) is 11.3 Å². The fourth-order valence-electron chi connectivity index (χ4n) is 3.22. The molecule has 7 nitrogen and oxygen atoms in total. The highest BCUT2D eigenvalue weighted by Gasteiger charge is 2.19. The van der Waals surface area contributed by atoms with E-state index in [0.29, 0.717) is 17.0 Å². The fourth-order valence-corrected chi connectivity index (χ4v) is 3.22. The highest BCUT2D eigenvalue weighted by atomic mass is 16.5. The number of hydrogen-bond acceptors (Lipinski definition) is 5. The Bertz CT molecular complexity index is 1200. The number of nitrogens with one attached hydrogen (secondary N) is 2. The summed E-state index contributed by atoms with van der Waals surface area (Å²) >= 11 is 0. The highest BCUT2D eigenvalue weighted by Crippen LogP contribution is 2.32. The number of aromatic nitrogens is 2. The van der Waals surface area contributed by atoms with Crippen molar-refractivity contribution in [2.45, 2.75) is 13.0 Å². The number of hydrogen-bond donors (Lipinski definition) is 3. The summed E-state index contributed by atoms with van der Waals surface area (Å²) < 4.78 is 10.9. The van der Waals surface area contributed by atoms with Gasteiger partial charge in [-0.15, -0.1) is 0 Å². The molecule has 0 fully saturated rings. The standard InChI is InChI=1S/C22H21N3O4/c1-13(26)12-23-22(27)16-5-7-18-20(21(16)28-2)17(24-25-18)6-3-14-4-8-19-15(11-14)9-10-29-19/h3-11,13,26H,12H2,1-2H3,(H,23,27)(H,24,25)/b6-3+. The zero-order valence-electron chi connectivity index (χ0n) is 16.1. The molecule has 0 bridgehead atoms. The number of benzene rings is 2. The van der Waals surface area contributed by atoms with Gasteiger partial charge in [0.2, 0.25) is 0 Å². The van der Waals surface area contributed by atoms with Gasteiger partial charge in [0.05, 0.1) is 41.6 Å². The normalized spacial score (nSPS) is 12.7. The fraction of sp³-hybridized carbons (Fsp3) is 0.182. The van der Waals surface area contributed by atoms with Gasteiger partial charge >= 0.3 is 0 Å². The van der Waals surface area contributed by atoms with E-state index in [1.807, 2.05) is 36.4 Å². The van der Waals surface area contributed by atoms with Gasteiger partial charge in [0.15, 0.2) is 0 Å². The maximum absolute atomic E-state index is 12.5. The van der Waals surface area contributed by atoms with Gasteiger partial charge in [-0.2, -0.15) is 5.10 Å². The van der Waals surface area contributed by atoms with Gasteiger partial charge in [-0.05, 0) is 48.9 Å². The third-order valence-corrected chi connectivity index (χ3v) is 4.63. The van der Waals surface area contributed by atoms with E-state index in [1.54, 1.807) is 25.3 Å². The first kappa shape index (κ1) is 18.8. The van der Waals surface area contributed by atoms with E-state index >= 15 is 0 Å². The molecule has 1 unspecified atom stereocenters. The first-order valence-electron chi connectivity index (χ1n) is 9.23. The first-order chi connectivity index (χ1) is 14.1. The molecule has 29 heavy (non-hydrogen) atoms. The number of carbonyl (C=O) groups excluding carboxylic acids is 1. The highest BCUT2D eigenvalue weighted by molar-refractivity contribution is 6.05. The van der Waals surface area contributed by atoms with E-state index in [-0.39, 0.29) is 12.5 Å². The average Bonchev–Trinajstić information content (AvgIpc) is 3.35. The number of furan rings is 1. The molecule has 7 heteroatoms. The van der Waals surface area contributed by atoms with Crippen LogP contribution in [-0.4, -0.2) is 41.0 Å². The lowest BCUT2D eigenvalue weighted by atomic mass is 10.1. The number of H-pyrrole nitrogens is 1. The number of amides is 1. The molecule has 148 valence electrons. The minimum atomic E-state index is -0.631. The van der Waals surface area contributed by atoms with Gasteiger partial charge in [0, 0.05) is 11.9 Å². The van der Waals surface area contributed by atoms with E-state index in [4.69, 9.17) is 9.15 Å². The molecule has 0 aliphatic rings. The summed E-state index contributed by atoms with van der Waals surface area (Å²) in [5.41, 5.74) is 3.64. The van der Waals surface area contributed by atoms with Crippen molar-refractivity contribution < 1.29 is 19.1 Å². The molecule has 0 aliphatic carbocycles. The van der Waals surface area contributed by atoms with Crippen LogP contribution in [0.4, 0.5) is 0 Å². The molecule has 0 spiro atoms. The molecule has 2 aromatic heterocycles. The van der Waals surface area contributed by atoms with Crippen molar-refractivity contribution in [3.05, 3.63) is 59.5 Å². The van der Waals surface area contributed by atoms with Crippen LogP contribution in [0.15, 0.2) is 47.1 Å². The third-order valence-electron chi connectivity index (χ3n) is 4.63. The second-order valence-corrected chi connectivity index (χ2v) is 6.79. The summed E-state index contributed by atoms with van der Waals surface area (Å²) in [6, 6.07) is 11.3. The Kier molecular flexibility index (Phi) is 5.05. The maximum atomic E-state index is 12.5. The smallest absolute Gasteiger partial charge is 0.255 e. The van der Waals surface area contributed by atoms with Gasteiger partial charge in [0.25, 0.3) is 5.91 Å². The number of aliphatic hydroxyl groups excluding tert-OH is 1. The molecule has 2 heterocycles. The Morgan fingerprint density at radius 1 is 1.31 bits per heavy atom. The zero-order chi connectivity index (χ0) is 20.4. The van der Waals surface area contributed by atoms with Gasteiger partial charge in [-0.3, -0.25) is 9.89 Å². The molecule has 1 atom stereocenters. The zero-order valence-corrected chi connectivity index (χ0v) is 16.1. The van der Waals surface area contributed by atoms with Gasteiger partial charge in [-0.25, -0.2) is 0 Å². The van der Waals surface area contributed by atoms with E-state index in [0.717, 1.165) is 27.4 Å². The number of rotatable bonds is 6. The summed E-state index contributed by atoms with van der Waals surface area (Å²) in [5, 5.41) is 21.2. The Morgan fingerprint density at radius 3 is 2.97 bits per heavy atom. The number of carbonyl (C=O) groups is 1. The van der Waals surface area contributed by atoms with Crippen LogP contribution < -0.4 is 10.1 Å². The second kappa shape index (κ2) is 7.81. The number of fused-ring (bicyclic) bond motifs is 2. The molecule has 4 rings (SSSR count). The minimum absolute atomic E-state index is 0.161. The Balaban J connectivity index is 1.70. The van der Waals surface area contributed by atoms with Crippen LogP contribution in [0.3, 0.4) is 0 Å². The van der Waals surface area contributed by atoms with E-state index in [1.165, 1.54) is 7.11 Å². The third kappa shape index (κ3) is 3.72. The average molecular weight is 391 g/mol. The SMILES string of the molecule is COc1c(C(=O)NCC(C)O)ccc2[nH]nc(/C=C/c3ccc4occc4c3)c12. The molecular formula is C22H21N3O4. The lowest BCUT2D eigenvalue weighted by molar-refractivity contribution is 0.0921. The van der Waals surface area contributed by atoms with Crippen molar-refractivity contribution in [2.24, 2.45) is 0 Å². The summed E-state index contributed by atoms with van der Waals surface area (Å²) in [4.78, 5) is 12.5. The predicted molar refractivity (Wildman–Crippen MR) is 112 cm³/mol. The minimum Gasteiger partial charge on any atom is -0.495 e. The second-order valence-electron chi connectivity index (χ2n) is 6.79. The van der Waals surface area contributed by atoms with Gasteiger partial charge < -0.3 is 19.6 Å². The van der Waals surface area contributed by atoms with Crippen molar-refractivity contribution in [1.29, 1.82) is 0 Å². The lowest BCUT2D eigenvalue weighted by Gasteiger charge is -2.11. The molecule has 4 aromatic rings. The molecule has 0 aliphatic heterocycles. The molecule has 0 saturated heterocycles. The van der Waals surface area contributed by atoms with Crippen LogP contribution in [0.25, 0.3) is 34.0 Å². The topological polar surface area (TPSA) is 100 Å². The lowest BCUT2D eigenvalue weighted by Crippen LogP contribution is -2.30. The summed E-state index contributed by atoms with van der Waals surface area (Å²) in [5.74, 6) is 0.121. The van der Waals surface area contributed by atoms with Crippen molar-refractivity contribution in [3.63, 3.8) is 0 Å². The molecular weight excluding hydrogens is 370 g/mol. The van der Waals surface area contributed by atoms with Gasteiger partial charge in [-0.1, -0.05) is 12.1 Å². The Hall–Kier alpha value is -3.58. The van der Waals surface area contributed by atoms with Crippen molar-refractivity contribution in [2.75, 3.05) is 13.7 Å². The van der Waals surface area contributed by atoms with Crippen LogP contribution in [0.1, 0.15) is 28.5 Å². The number of ether oxygens (including phenoxy) is 1. The van der Waals surface area contributed by atoms with Crippen LogP contribution in [0.5, 0.6) is 5.75 Å². The van der Waals surface area contributed by atoms with E-state index < -0.39 is 6.10 Å². The van der Waals surface area contributed by atoms with Crippen molar-refractivity contribution in [1.82, 2.24) is 15.5 Å². The number of aromatic amines is 1. The number of methoxy groups -OCH3 is 1.